The summed E-state index contributed by atoms with van der Waals surface area (Å²) in [5, 5.41) is 2.83. The summed E-state index contributed by atoms with van der Waals surface area (Å²) in [5.74, 6) is -1.09. The number of likely N-dealkylation sites (tertiary alicyclic amines) is 1. The molecule has 0 radical (unpaired) electrons. The van der Waals surface area contributed by atoms with Gasteiger partial charge in [-0.05, 0) is 23.8 Å². The number of hydrogen-bond donors (Lipinski definition) is 1. The Morgan fingerprint density at radius 2 is 1.75 bits per heavy atom. The number of carbonyl (C=O) groups is 3. The first-order valence-electron chi connectivity index (χ1n) is 8.39. The molecule has 0 bridgehead atoms. The van der Waals surface area contributed by atoms with Crippen LogP contribution in [0.4, 0.5) is 0 Å². The Balaban J connectivity index is 2.06. The molecule has 130 valence electrons. The zero-order valence-electron chi connectivity index (χ0n) is 14.9. The number of amides is 2. The van der Waals surface area contributed by atoms with Gasteiger partial charge in [0.05, 0.1) is 0 Å². The summed E-state index contributed by atoms with van der Waals surface area (Å²) in [6.45, 7) is 8.72. The van der Waals surface area contributed by atoms with E-state index in [2.05, 4.69) is 26.1 Å². The van der Waals surface area contributed by atoms with E-state index in [1.807, 2.05) is 12.1 Å². The van der Waals surface area contributed by atoms with Crippen molar-refractivity contribution >= 4 is 17.6 Å². The second kappa shape index (κ2) is 7.16. The van der Waals surface area contributed by atoms with Gasteiger partial charge in [0.2, 0.25) is 11.7 Å². The first-order chi connectivity index (χ1) is 11.2. The minimum absolute atomic E-state index is 0.00401. The number of nitrogens with zero attached hydrogens (tertiary/aromatic N) is 1. The molecule has 24 heavy (non-hydrogen) atoms. The lowest BCUT2D eigenvalue weighted by atomic mass is 9.86. The number of rotatable bonds is 3. The Bertz CT molecular complexity index is 629. The van der Waals surface area contributed by atoms with Crippen LogP contribution in [0.25, 0.3) is 0 Å². The highest BCUT2D eigenvalue weighted by Crippen LogP contribution is 2.22. The number of benzene rings is 1. The molecule has 1 aromatic carbocycles. The molecule has 5 nitrogen and oxygen atoms in total. The molecule has 0 aromatic heterocycles. The summed E-state index contributed by atoms with van der Waals surface area (Å²) in [7, 11) is 0. The Labute approximate surface area is 143 Å². The largest absolute Gasteiger partial charge is 0.352 e. The third kappa shape index (κ3) is 4.43. The lowest BCUT2D eigenvalue weighted by Crippen LogP contribution is -2.50. The van der Waals surface area contributed by atoms with Gasteiger partial charge in [0.15, 0.2) is 0 Å². The third-order valence-electron chi connectivity index (χ3n) is 4.32. The minimum atomic E-state index is -0.492. The fourth-order valence-electron chi connectivity index (χ4n) is 2.96. The van der Waals surface area contributed by atoms with Gasteiger partial charge in [-0.2, -0.15) is 0 Å². The zero-order chi connectivity index (χ0) is 17.9. The lowest BCUT2D eigenvalue weighted by Gasteiger charge is -2.32. The van der Waals surface area contributed by atoms with Gasteiger partial charge in [0.25, 0.3) is 5.91 Å². The molecule has 2 rings (SSSR count). The van der Waals surface area contributed by atoms with Crippen molar-refractivity contribution in [2.24, 2.45) is 0 Å². The van der Waals surface area contributed by atoms with Crippen LogP contribution in [-0.4, -0.2) is 41.6 Å². The van der Waals surface area contributed by atoms with Crippen LogP contribution >= 0.6 is 0 Å². The highest BCUT2D eigenvalue weighted by atomic mass is 16.2. The molecule has 1 heterocycles. The topological polar surface area (TPSA) is 66.5 Å². The third-order valence-corrected chi connectivity index (χ3v) is 4.32. The Hall–Kier alpha value is -2.17. The molecule has 1 aromatic rings. The van der Waals surface area contributed by atoms with Gasteiger partial charge in [0.1, 0.15) is 0 Å². The summed E-state index contributed by atoms with van der Waals surface area (Å²) >= 11 is 0. The Morgan fingerprint density at radius 3 is 2.29 bits per heavy atom. The van der Waals surface area contributed by atoms with Crippen molar-refractivity contribution in [3.05, 3.63) is 35.4 Å². The highest BCUT2D eigenvalue weighted by Gasteiger charge is 2.29. The van der Waals surface area contributed by atoms with E-state index in [0.29, 0.717) is 18.7 Å². The fraction of sp³-hybridized carbons (Fsp3) is 0.526. The Kier molecular flexibility index (Phi) is 5.42. The highest BCUT2D eigenvalue weighted by molar-refractivity contribution is 6.42. The summed E-state index contributed by atoms with van der Waals surface area (Å²) in [5.41, 5.74) is 1.54. The van der Waals surface area contributed by atoms with Crippen molar-refractivity contribution in [2.75, 3.05) is 13.1 Å². The molecule has 0 saturated carbocycles. The SMILES string of the molecule is CC(=O)N[C@H]1CCCN(C(=O)C(=O)c2ccc(C(C)(C)C)cc2)C1. The predicted octanol–water partition coefficient (Wildman–Crippen LogP) is 2.29. The first-order valence-corrected chi connectivity index (χ1v) is 8.39. The molecule has 1 N–H and O–H groups in total. The van der Waals surface area contributed by atoms with Crippen LogP contribution in [0.3, 0.4) is 0 Å². The average molecular weight is 330 g/mol. The van der Waals surface area contributed by atoms with Gasteiger partial charge in [-0.3, -0.25) is 14.4 Å². The number of hydrogen-bond acceptors (Lipinski definition) is 3. The molecular weight excluding hydrogens is 304 g/mol. The van der Waals surface area contributed by atoms with E-state index in [1.54, 1.807) is 17.0 Å². The lowest BCUT2D eigenvalue weighted by molar-refractivity contribution is -0.129. The fourth-order valence-corrected chi connectivity index (χ4v) is 2.96. The molecule has 2 amide bonds. The molecule has 0 unspecified atom stereocenters. The summed E-state index contributed by atoms with van der Waals surface area (Å²) in [6.07, 6.45) is 1.62. The molecule has 0 spiro atoms. The number of piperidine rings is 1. The van der Waals surface area contributed by atoms with Crippen molar-refractivity contribution in [1.82, 2.24) is 10.2 Å². The van der Waals surface area contributed by atoms with E-state index >= 15 is 0 Å². The van der Waals surface area contributed by atoms with Gasteiger partial charge in [-0.25, -0.2) is 0 Å². The van der Waals surface area contributed by atoms with E-state index in [1.165, 1.54) is 6.92 Å². The normalized spacial score (nSPS) is 18.2. The second-order valence-electron chi connectivity index (χ2n) is 7.45. The Morgan fingerprint density at radius 1 is 1.12 bits per heavy atom. The van der Waals surface area contributed by atoms with Crippen LogP contribution in [0.5, 0.6) is 0 Å². The van der Waals surface area contributed by atoms with Gasteiger partial charge in [0, 0.05) is 31.6 Å². The van der Waals surface area contributed by atoms with Crippen molar-refractivity contribution in [3.63, 3.8) is 0 Å². The van der Waals surface area contributed by atoms with Gasteiger partial charge in [-0.1, -0.05) is 45.0 Å². The molecule has 1 fully saturated rings. The molecular formula is C19H26N2O3. The van der Waals surface area contributed by atoms with E-state index in [0.717, 1.165) is 18.4 Å². The quantitative estimate of drug-likeness (QED) is 0.683. The van der Waals surface area contributed by atoms with E-state index in [9.17, 15) is 14.4 Å². The van der Waals surface area contributed by atoms with Gasteiger partial charge >= 0.3 is 0 Å². The van der Waals surface area contributed by atoms with Crippen molar-refractivity contribution in [3.8, 4) is 0 Å². The van der Waals surface area contributed by atoms with Crippen LogP contribution in [0, 0.1) is 0 Å². The zero-order valence-corrected chi connectivity index (χ0v) is 14.9. The summed E-state index contributed by atoms with van der Waals surface area (Å²) in [6, 6.07) is 7.16. The van der Waals surface area contributed by atoms with Gasteiger partial charge in [-0.15, -0.1) is 0 Å². The molecule has 0 aliphatic carbocycles. The maximum absolute atomic E-state index is 12.5. The van der Waals surface area contributed by atoms with Crippen LogP contribution < -0.4 is 5.32 Å². The first kappa shape index (κ1) is 18.2. The number of ketones is 1. The second-order valence-corrected chi connectivity index (χ2v) is 7.45. The van der Waals surface area contributed by atoms with Crippen molar-refractivity contribution in [2.45, 2.75) is 52.0 Å². The minimum Gasteiger partial charge on any atom is -0.352 e. The average Bonchev–Trinajstić information content (AvgIpc) is 2.52. The van der Waals surface area contributed by atoms with Crippen molar-refractivity contribution in [1.29, 1.82) is 0 Å². The van der Waals surface area contributed by atoms with Gasteiger partial charge < -0.3 is 10.2 Å². The monoisotopic (exact) mass is 330 g/mol. The van der Waals surface area contributed by atoms with E-state index < -0.39 is 11.7 Å². The smallest absolute Gasteiger partial charge is 0.295 e. The van der Waals surface area contributed by atoms with Crippen LogP contribution in [0.15, 0.2) is 24.3 Å². The maximum atomic E-state index is 12.5. The molecule has 1 aliphatic rings. The van der Waals surface area contributed by atoms with E-state index in [4.69, 9.17) is 0 Å². The van der Waals surface area contributed by atoms with Crippen LogP contribution in [0.1, 0.15) is 56.5 Å². The standard InChI is InChI=1S/C19H26N2O3/c1-13(22)20-16-6-5-11-21(12-16)18(24)17(23)14-7-9-15(10-8-14)19(2,3)4/h7-10,16H,5-6,11-12H2,1-4H3,(H,20,22)/t16-/m0/s1. The maximum Gasteiger partial charge on any atom is 0.295 e. The number of nitrogens with one attached hydrogen (secondary N) is 1. The molecule has 1 atom stereocenters. The van der Waals surface area contributed by atoms with Crippen LogP contribution in [-0.2, 0) is 15.0 Å². The molecule has 1 aliphatic heterocycles. The summed E-state index contributed by atoms with van der Waals surface area (Å²) < 4.78 is 0. The summed E-state index contributed by atoms with van der Waals surface area (Å²) in [4.78, 5) is 37.7. The molecule has 1 saturated heterocycles. The van der Waals surface area contributed by atoms with E-state index in [-0.39, 0.29) is 17.4 Å². The molecule has 5 heteroatoms. The number of Topliss-reactive ketones (excluding diaryl/α,β-unsaturated/α-hetero) is 1. The van der Waals surface area contributed by atoms with Crippen molar-refractivity contribution < 1.29 is 14.4 Å². The number of carbonyl (C=O) groups excluding carboxylic acids is 3. The predicted molar refractivity (Wildman–Crippen MR) is 92.9 cm³/mol. The van der Waals surface area contributed by atoms with Crippen LogP contribution in [0.2, 0.25) is 0 Å².